The summed E-state index contributed by atoms with van der Waals surface area (Å²) in [6, 6.07) is 4.23. The molecule has 0 radical (unpaired) electrons. The number of thiazole rings is 1. The summed E-state index contributed by atoms with van der Waals surface area (Å²) in [5.74, 6) is 1.08. The molecule has 0 spiro atoms. The van der Waals surface area contributed by atoms with Gasteiger partial charge >= 0.3 is 0 Å². The Kier molecular flexibility index (Phi) is 6.37. The second-order valence-electron chi connectivity index (χ2n) is 5.99. The van der Waals surface area contributed by atoms with Crippen molar-refractivity contribution in [2.24, 2.45) is 0 Å². The lowest BCUT2D eigenvalue weighted by Crippen LogP contribution is -2.29. The molecule has 2 rings (SSSR count). The summed E-state index contributed by atoms with van der Waals surface area (Å²) < 4.78 is 5.97. The number of hydrogen-bond acceptors (Lipinski definition) is 4. The fourth-order valence-electron chi connectivity index (χ4n) is 2.57. The minimum atomic E-state index is 0.161. The number of aromatic nitrogens is 1. The number of nitrogens with zero attached hydrogens (tertiary/aromatic N) is 2. The third-order valence-corrected chi connectivity index (χ3v) is 4.98. The fraction of sp³-hybridized carbons (Fsp3) is 0.474. The van der Waals surface area contributed by atoms with Crippen molar-refractivity contribution >= 4 is 17.2 Å². The highest BCUT2D eigenvalue weighted by Gasteiger charge is 2.12. The molecule has 1 aromatic heterocycles. The van der Waals surface area contributed by atoms with Crippen molar-refractivity contribution in [1.29, 1.82) is 0 Å². The molecule has 5 heteroatoms. The highest BCUT2D eigenvalue weighted by molar-refractivity contribution is 7.09. The molecule has 2 aromatic rings. The monoisotopic (exact) mass is 346 g/mol. The molecule has 0 aliphatic heterocycles. The van der Waals surface area contributed by atoms with Crippen LogP contribution < -0.4 is 4.74 Å². The van der Waals surface area contributed by atoms with Crippen LogP contribution in [-0.2, 0) is 17.9 Å². The van der Waals surface area contributed by atoms with Gasteiger partial charge in [0, 0.05) is 18.3 Å². The number of carbonyl (C=O) groups is 1. The molecule has 0 saturated heterocycles. The van der Waals surface area contributed by atoms with Gasteiger partial charge in [-0.25, -0.2) is 4.98 Å². The minimum absolute atomic E-state index is 0.161. The quantitative estimate of drug-likeness (QED) is 0.746. The molecule has 1 aromatic carbocycles. The van der Waals surface area contributed by atoms with Crippen LogP contribution in [0.5, 0.6) is 5.75 Å². The van der Waals surface area contributed by atoms with E-state index in [0.29, 0.717) is 26.1 Å². The Morgan fingerprint density at radius 2 is 2.00 bits per heavy atom. The fourth-order valence-corrected chi connectivity index (χ4v) is 3.27. The zero-order valence-electron chi connectivity index (χ0n) is 15.2. The Bertz CT molecular complexity index is 709. The molecule has 0 bridgehead atoms. The van der Waals surface area contributed by atoms with Gasteiger partial charge in [-0.2, -0.15) is 0 Å². The summed E-state index contributed by atoms with van der Waals surface area (Å²) >= 11 is 1.58. The second-order valence-corrected chi connectivity index (χ2v) is 6.93. The van der Waals surface area contributed by atoms with Gasteiger partial charge in [0.15, 0.2) is 0 Å². The van der Waals surface area contributed by atoms with E-state index >= 15 is 0 Å². The highest BCUT2D eigenvalue weighted by atomic mass is 32.1. The molecule has 0 unspecified atom stereocenters. The lowest BCUT2D eigenvalue weighted by atomic mass is 10.1. The van der Waals surface area contributed by atoms with Crippen molar-refractivity contribution in [2.45, 2.75) is 54.2 Å². The lowest BCUT2D eigenvalue weighted by Gasteiger charge is -2.18. The number of benzene rings is 1. The van der Waals surface area contributed by atoms with Crippen molar-refractivity contribution in [3.63, 3.8) is 0 Å². The average Bonchev–Trinajstić information content (AvgIpc) is 3.01. The number of ether oxygens (including phenoxy) is 1. The van der Waals surface area contributed by atoms with Crippen LogP contribution in [0.15, 0.2) is 17.5 Å². The topological polar surface area (TPSA) is 42.4 Å². The summed E-state index contributed by atoms with van der Waals surface area (Å²) in [7, 11) is 0. The van der Waals surface area contributed by atoms with Gasteiger partial charge in [0.2, 0.25) is 5.91 Å². The first kappa shape index (κ1) is 18.5. The van der Waals surface area contributed by atoms with Crippen LogP contribution >= 0.6 is 11.3 Å². The van der Waals surface area contributed by atoms with E-state index in [1.807, 2.05) is 24.1 Å². The summed E-state index contributed by atoms with van der Waals surface area (Å²) in [6.07, 6.45) is 0.528. The summed E-state index contributed by atoms with van der Waals surface area (Å²) in [4.78, 5) is 18.3. The summed E-state index contributed by atoms with van der Waals surface area (Å²) in [6.45, 7) is 11.9. The molecule has 0 saturated carbocycles. The van der Waals surface area contributed by atoms with E-state index in [1.165, 1.54) is 16.7 Å². The molecule has 0 aliphatic rings. The van der Waals surface area contributed by atoms with Gasteiger partial charge in [-0.1, -0.05) is 13.0 Å². The van der Waals surface area contributed by atoms with Crippen LogP contribution in [0.4, 0.5) is 0 Å². The van der Waals surface area contributed by atoms with E-state index < -0.39 is 0 Å². The Hall–Kier alpha value is -1.88. The van der Waals surface area contributed by atoms with Crippen molar-refractivity contribution in [3.05, 3.63) is 44.9 Å². The number of amides is 1. The van der Waals surface area contributed by atoms with E-state index in [4.69, 9.17) is 4.74 Å². The summed E-state index contributed by atoms with van der Waals surface area (Å²) in [5.41, 5.74) is 4.54. The van der Waals surface area contributed by atoms with Gasteiger partial charge in [0.05, 0.1) is 12.2 Å². The van der Waals surface area contributed by atoms with Gasteiger partial charge in [-0.05, 0) is 50.5 Å². The first-order chi connectivity index (χ1) is 11.4. The molecule has 0 aliphatic carbocycles. The number of carbonyl (C=O) groups excluding carboxylic acids is 1. The maximum absolute atomic E-state index is 11.8. The molecular formula is C19H26N2O2S. The molecule has 1 heterocycles. The lowest BCUT2D eigenvalue weighted by molar-refractivity contribution is -0.131. The van der Waals surface area contributed by atoms with Crippen molar-refractivity contribution < 1.29 is 9.53 Å². The van der Waals surface area contributed by atoms with E-state index in [2.05, 4.69) is 37.9 Å². The van der Waals surface area contributed by atoms with Gasteiger partial charge in [-0.15, -0.1) is 11.3 Å². The smallest absolute Gasteiger partial charge is 0.222 e. The minimum Gasteiger partial charge on any atom is -0.486 e. The number of rotatable bonds is 7. The van der Waals surface area contributed by atoms with E-state index in [0.717, 1.165) is 16.5 Å². The summed E-state index contributed by atoms with van der Waals surface area (Å²) in [5, 5.41) is 2.95. The Morgan fingerprint density at radius 1 is 1.25 bits per heavy atom. The normalized spacial score (nSPS) is 10.7. The maximum atomic E-state index is 11.8. The zero-order valence-corrected chi connectivity index (χ0v) is 16.0. The van der Waals surface area contributed by atoms with Gasteiger partial charge in [-0.3, -0.25) is 4.79 Å². The van der Waals surface area contributed by atoms with Gasteiger partial charge < -0.3 is 9.64 Å². The predicted molar refractivity (Wildman–Crippen MR) is 98.5 cm³/mol. The standard InChI is InChI=1S/C19H26N2O2S/c1-6-19(22)21(7-2)10-16-12-24-18(20-16)11-23-17-9-13(3)8-14(4)15(17)5/h8-9,12H,6-7,10-11H2,1-5H3. The Labute approximate surface area is 148 Å². The van der Waals surface area contributed by atoms with Crippen LogP contribution in [0.1, 0.15) is 47.7 Å². The van der Waals surface area contributed by atoms with Gasteiger partial charge in [0.25, 0.3) is 0 Å². The third-order valence-electron chi connectivity index (χ3n) is 4.10. The zero-order chi connectivity index (χ0) is 17.7. The van der Waals surface area contributed by atoms with Crippen molar-refractivity contribution in [2.75, 3.05) is 6.54 Å². The van der Waals surface area contributed by atoms with Crippen molar-refractivity contribution in [3.8, 4) is 5.75 Å². The molecular weight excluding hydrogens is 320 g/mol. The maximum Gasteiger partial charge on any atom is 0.222 e. The first-order valence-corrected chi connectivity index (χ1v) is 9.24. The SMILES string of the molecule is CCC(=O)N(CC)Cc1csc(COc2cc(C)cc(C)c2C)n1. The van der Waals surface area contributed by atoms with Crippen molar-refractivity contribution in [1.82, 2.24) is 9.88 Å². The average molecular weight is 346 g/mol. The number of aryl methyl sites for hydroxylation is 2. The molecule has 0 atom stereocenters. The highest BCUT2D eigenvalue weighted by Crippen LogP contribution is 2.24. The van der Waals surface area contributed by atoms with E-state index in [9.17, 15) is 4.79 Å². The first-order valence-electron chi connectivity index (χ1n) is 8.36. The molecule has 24 heavy (non-hydrogen) atoms. The van der Waals surface area contributed by atoms with Crippen LogP contribution in [0.25, 0.3) is 0 Å². The van der Waals surface area contributed by atoms with Gasteiger partial charge in [0.1, 0.15) is 17.4 Å². The van der Waals surface area contributed by atoms with Crippen LogP contribution in [-0.4, -0.2) is 22.3 Å². The predicted octanol–water partition coefficient (Wildman–Crippen LogP) is 4.41. The van der Waals surface area contributed by atoms with E-state index in [1.54, 1.807) is 11.3 Å². The Balaban J connectivity index is 2.00. The molecule has 4 nitrogen and oxygen atoms in total. The number of hydrogen-bond donors (Lipinski definition) is 0. The Morgan fingerprint density at radius 3 is 2.67 bits per heavy atom. The van der Waals surface area contributed by atoms with Crippen LogP contribution in [0, 0.1) is 20.8 Å². The molecule has 130 valence electrons. The van der Waals surface area contributed by atoms with Crippen LogP contribution in [0.3, 0.4) is 0 Å². The third kappa shape index (κ3) is 4.57. The van der Waals surface area contributed by atoms with E-state index in [-0.39, 0.29) is 5.91 Å². The molecule has 0 fully saturated rings. The molecule has 1 amide bonds. The second kappa shape index (κ2) is 8.29. The largest absolute Gasteiger partial charge is 0.486 e. The molecule has 0 N–H and O–H groups in total. The van der Waals surface area contributed by atoms with Crippen LogP contribution in [0.2, 0.25) is 0 Å².